The van der Waals surface area contributed by atoms with Crippen molar-refractivity contribution in [3.05, 3.63) is 32.7 Å². The SMILES string of the molecule is CC(C)(C)CCN1CC[C@@H](CNC(=O)c2cc(Br)cc(Br)c2)[C@@H](F)C1. The van der Waals surface area contributed by atoms with Gasteiger partial charge in [0.1, 0.15) is 6.17 Å². The quantitative estimate of drug-likeness (QED) is 0.644. The Bertz CT molecular complexity index is 583. The van der Waals surface area contributed by atoms with Crippen molar-refractivity contribution in [1.29, 1.82) is 0 Å². The topological polar surface area (TPSA) is 32.3 Å². The molecule has 0 aromatic heterocycles. The summed E-state index contributed by atoms with van der Waals surface area (Å²) in [5, 5.41) is 2.89. The zero-order valence-electron chi connectivity index (χ0n) is 15.1. The average molecular weight is 478 g/mol. The summed E-state index contributed by atoms with van der Waals surface area (Å²) in [6.07, 6.45) is 0.968. The van der Waals surface area contributed by atoms with Gasteiger partial charge < -0.3 is 10.2 Å². The highest BCUT2D eigenvalue weighted by molar-refractivity contribution is 9.11. The van der Waals surface area contributed by atoms with Gasteiger partial charge in [-0.15, -0.1) is 0 Å². The fourth-order valence-corrected chi connectivity index (χ4v) is 4.25. The minimum absolute atomic E-state index is 0.106. The van der Waals surface area contributed by atoms with Crippen LogP contribution in [0, 0.1) is 11.3 Å². The van der Waals surface area contributed by atoms with Gasteiger partial charge in [-0.3, -0.25) is 4.79 Å². The van der Waals surface area contributed by atoms with Crippen LogP contribution in [0.15, 0.2) is 27.1 Å². The number of hydrogen-bond donors (Lipinski definition) is 1. The van der Waals surface area contributed by atoms with Gasteiger partial charge in [-0.05, 0) is 49.5 Å². The van der Waals surface area contributed by atoms with Crippen molar-refractivity contribution >= 4 is 37.8 Å². The number of piperidine rings is 1. The van der Waals surface area contributed by atoms with Crippen molar-refractivity contribution < 1.29 is 9.18 Å². The van der Waals surface area contributed by atoms with Crippen LogP contribution in [0.5, 0.6) is 0 Å². The fraction of sp³-hybridized carbons (Fsp3) is 0.632. The molecule has 1 aromatic carbocycles. The van der Waals surface area contributed by atoms with E-state index in [1.54, 1.807) is 12.1 Å². The van der Waals surface area contributed by atoms with E-state index in [1.807, 2.05) is 6.07 Å². The maximum Gasteiger partial charge on any atom is 0.251 e. The largest absolute Gasteiger partial charge is 0.352 e. The summed E-state index contributed by atoms with van der Waals surface area (Å²) in [4.78, 5) is 14.5. The van der Waals surface area contributed by atoms with Crippen molar-refractivity contribution in [2.75, 3.05) is 26.2 Å². The summed E-state index contributed by atoms with van der Waals surface area (Å²) in [6.45, 7) is 9.33. The van der Waals surface area contributed by atoms with Gasteiger partial charge in [0.15, 0.2) is 0 Å². The number of halogens is 3. The molecule has 0 spiro atoms. The minimum Gasteiger partial charge on any atom is -0.352 e. The molecule has 1 N–H and O–H groups in total. The van der Waals surface area contributed by atoms with Crippen molar-refractivity contribution in [2.45, 2.75) is 39.8 Å². The van der Waals surface area contributed by atoms with Gasteiger partial charge in [-0.1, -0.05) is 52.6 Å². The molecule has 0 saturated carbocycles. The van der Waals surface area contributed by atoms with Crippen molar-refractivity contribution in [3.8, 4) is 0 Å². The van der Waals surface area contributed by atoms with E-state index in [1.165, 1.54) is 0 Å². The van der Waals surface area contributed by atoms with E-state index < -0.39 is 6.17 Å². The monoisotopic (exact) mass is 476 g/mol. The van der Waals surface area contributed by atoms with E-state index in [0.717, 1.165) is 34.9 Å². The summed E-state index contributed by atoms with van der Waals surface area (Å²) in [5.41, 5.74) is 0.841. The van der Waals surface area contributed by atoms with Gasteiger partial charge in [0.2, 0.25) is 0 Å². The molecule has 2 rings (SSSR count). The first-order valence-electron chi connectivity index (χ1n) is 8.75. The normalized spacial score (nSPS) is 22.0. The smallest absolute Gasteiger partial charge is 0.251 e. The number of amides is 1. The van der Waals surface area contributed by atoms with Gasteiger partial charge in [0.05, 0.1) is 0 Å². The minimum atomic E-state index is -0.886. The average Bonchev–Trinajstić information content (AvgIpc) is 2.50. The Kier molecular flexibility index (Phi) is 7.47. The standard InChI is InChI=1S/C19H27Br2FN2O/c1-19(2,3)5-7-24-6-4-13(17(22)12-24)11-23-18(25)14-8-15(20)10-16(21)9-14/h8-10,13,17H,4-7,11-12H2,1-3H3,(H,23,25)/t13-,17-/m0/s1. The summed E-state index contributed by atoms with van der Waals surface area (Å²) in [7, 11) is 0. The lowest BCUT2D eigenvalue weighted by atomic mass is 9.90. The molecule has 1 amide bonds. The maximum absolute atomic E-state index is 14.5. The number of benzene rings is 1. The van der Waals surface area contributed by atoms with Crippen LogP contribution >= 0.6 is 31.9 Å². The van der Waals surface area contributed by atoms with E-state index in [-0.39, 0.29) is 17.2 Å². The lowest BCUT2D eigenvalue weighted by Crippen LogP contribution is -2.46. The highest BCUT2D eigenvalue weighted by atomic mass is 79.9. The van der Waals surface area contributed by atoms with Crippen LogP contribution in [0.3, 0.4) is 0 Å². The second kappa shape index (κ2) is 8.96. The molecular weight excluding hydrogens is 451 g/mol. The molecule has 6 heteroatoms. The van der Waals surface area contributed by atoms with Crippen molar-refractivity contribution in [3.63, 3.8) is 0 Å². The van der Waals surface area contributed by atoms with E-state index in [4.69, 9.17) is 0 Å². The molecule has 1 heterocycles. The second-order valence-corrected chi connectivity index (χ2v) is 9.88. The van der Waals surface area contributed by atoms with Crippen LogP contribution in [0.1, 0.15) is 44.0 Å². The number of carbonyl (C=O) groups excluding carboxylic acids is 1. The molecule has 1 fully saturated rings. The number of likely N-dealkylation sites (tertiary alicyclic amines) is 1. The van der Waals surface area contributed by atoms with Crippen LogP contribution in [-0.4, -0.2) is 43.2 Å². The first-order valence-corrected chi connectivity index (χ1v) is 10.3. The molecule has 2 atom stereocenters. The van der Waals surface area contributed by atoms with Crippen LogP contribution in [0.2, 0.25) is 0 Å². The fourth-order valence-electron chi connectivity index (χ4n) is 2.95. The molecule has 1 aromatic rings. The molecule has 3 nitrogen and oxygen atoms in total. The van der Waals surface area contributed by atoms with Crippen LogP contribution < -0.4 is 5.32 Å². The predicted molar refractivity (Wildman–Crippen MR) is 108 cm³/mol. The van der Waals surface area contributed by atoms with Crippen LogP contribution in [-0.2, 0) is 0 Å². The Morgan fingerprint density at radius 1 is 1.28 bits per heavy atom. The number of rotatable bonds is 5. The van der Waals surface area contributed by atoms with E-state index in [9.17, 15) is 9.18 Å². The Morgan fingerprint density at radius 3 is 2.48 bits per heavy atom. The molecule has 140 valence electrons. The number of carbonyl (C=O) groups is 1. The first-order chi connectivity index (χ1) is 11.6. The van der Waals surface area contributed by atoms with Crippen LogP contribution in [0.25, 0.3) is 0 Å². The number of nitrogens with one attached hydrogen (secondary N) is 1. The highest BCUT2D eigenvalue weighted by Crippen LogP contribution is 2.24. The molecular formula is C19H27Br2FN2O. The first kappa shape index (κ1) is 20.8. The predicted octanol–water partition coefficient (Wildman–Crippen LogP) is 5.04. The lowest BCUT2D eigenvalue weighted by Gasteiger charge is -2.36. The summed E-state index contributed by atoms with van der Waals surface area (Å²) in [6, 6.07) is 5.41. The zero-order valence-corrected chi connectivity index (χ0v) is 18.3. The van der Waals surface area contributed by atoms with Gasteiger partial charge >= 0.3 is 0 Å². The Balaban J connectivity index is 1.81. The lowest BCUT2D eigenvalue weighted by molar-refractivity contribution is 0.0724. The maximum atomic E-state index is 14.5. The highest BCUT2D eigenvalue weighted by Gasteiger charge is 2.29. The van der Waals surface area contributed by atoms with Gasteiger partial charge in [0, 0.05) is 33.5 Å². The third kappa shape index (κ3) is 6.99. The molecule has 1 aliphatic heterocycles. The summed E-state index contributed by atoms with van der Waals surface area (Å²) >= 11 is 6.76. The van der Waals surface area contributed by atoms with Gasteiger partial charge in [-0.25, -0.2) is 4.39 Å². The number of alkyl halides is 1. The molecule has 1 saturated heterocycles. The van der Waals surface area contributed by atoms with Crippen molar-refractivity contribution in [1.82, 2.24) is 10.2 Å². The molecule has 0 unspecified atom stereocenters. The van der Waals surface area contributed by atoms with Gasteiger partial charge in [-0.2, -0.15) is 0 Å². The molecule has 0 aliphatic carbocycles. The second-order valence-electron chi connectivity index (χ2n) is 8.04. The van der Waals surface area contributed by atoms with E-state index >= 15 is 0 Å². The Hall–Kier alpha value is -0.460. The summed E-state index contributed by atoms with van der Waals surface area (Å²) in [5.74, 6) is -0.269. The number of nitrogens with zero attached hydrogens (tertiary/aromatic N) is 1. The van der Waals surface area contributed by atoms with Crippen LogP contribution in [0.4, 0.5) is 4.39 Å². The van der Waals surface area contributed by atoms with E-state index in [2.05, 4.69) is 62.8 Å². The molecule has 1 aliphatic rings. The Morgan fingerprint density at radius 2 is 1.92 bits per heavy atom. The zero-order chi connectivity index (χ0) is 18.6. The molecule has 25 heavy (non-hydrogen) atoms. The molecule has 0 radical (unpaired) electrons. The number of hydrogen-bond acceptors (Lipinski definition) is 2. The summed E-state index contributed by atoms with van der Waals surface area (Å²) < 4.78 is 16.2. The van der Waals surface area contributed by atoms with Gasteiger partial charge in [0.25, 0.3) is 5.91 Å². The third-order valence-electron chi connectivity index (χ3n) is 4.59. The Labute approximate surface area is 167 Å². The van der Waals surface area contributed by atoms with E-state index in [0.29, 0.717) is 18.7 Å². The third-order valence-corrected chi connectivity index (χ3v) is 5.50. The van der Waals surface area contributed by atoms with Crippen molar-refractivity contribution in [2.24, 2.45) is 11.3 Å². The molecule has 0 bridgehead atoms.